The van der Waals surface area contributed by atoms with Crippen molar-refractivity contribution in [1.82, 2.24) is 5.32 Å². The van der Waals surface area contributed by atoms with Gasteiger partial charge in [-0.1, -0.05) is 0 Å². The highest BCUT2D eigenvalue weighted by atomic mass is 16.5. The molecule has 0 radical (unpaired) electrons. The highest BCUT2D eigenvalue weighted by Gasteiger charge is 2.41. The number of fused-ring (bicyclic) bond motifs is 1. The molecule has 1 N–H and O–H groups in total. The Morgan fingerprint density at radius 3 is 2.95 bits per heavy atom. The summed E-state index contributed by atoms with van der Waals surface area (Å²) in [6.07, 6.45) is 5.33. The topological polar surface area (TPSA) is 30.5 Å². The second-order valence-corrected chi connectivity index (χ2v) is 6.85. The number of nitrogens with one attached hydrogen (secondary N) is 1. The normalized spacial score (nSPS) is 29.9. The Bertz CT molecular complexity index is 538. The zero-order chi connectivity index (χ0) is 14.4. The van der Waals surface area contributed by atoms with Crippen molar-refractivity contribution in [2.24, 2.45) is 5.92 Å². The van der Waals surface area contributed by atoms with Crippen molar-refractivity contribution in [3.05, 3.63) is 23.3 Å². The summed E-state index contributed by atoms with van der Waals surface area (Å²) in [7, 11) is 0. The van der Waals surface area contributed by atoms with Gasteiger partial charge < -0.3 is 14.8 Å². The molecule has 3 aliphatic rings. The first kappa shape index (κ1) is 13.4. The van der Waals surface area contributed by atoms with Crippen molar-refractivity contribution in [3.8, 4) is 11.5 Å². The van der Waals surface area contributed by atoms with E-state index < -0.39 is 0 Å². The predicted molar refractivity (Wildman–Crippen MR) is 83.3 cm³/mol. The summed E-state index contributed by atoms with van der Waals surface area (Å²) in [6, 6.07) is 5.29. The van der Waals surface area contributed by atoms with Gasteiger partial charge in [0.05, 0.1) is 6.61 Å². The summed E-state index contributed by atoms with van der Waals surface area (Å²) in [6.45, 7) is 6.10. The van der Waals surface area contributed by atoms with Crippen molar-refractivity contribution in [1.29, 1.82) is 0 Å². The van der Waals surface area contributed by atoms with E-state index in [0.29, 0.717) is 12.0 Å². The fourth-order valence-electron chi connectivity index (χ4n) is 3.48. The number of hydrogen-bond donors (Lipinski definition) is 1. The Balaban J connectivity index is 1.52. The van der Waals surface area contributed by atoms with Crippen LogP contribution in [-0.4, -0.2) is 25.3 Å². The van der Waals surface area contributed by atoms with Gasteiger partial charge in [-0.05, 0) is 63.6 Å². The molecule has 114 valence electrons. The van der Waals surface area contributed by atoms with Crippen LogP contribution in [0.4, 0.5) is 0 Å². The smallest absolute Gasteiger partial charge is 0.123 e. The summed E-state index contributed by atoms with van der Waals surface area (Å²) in [5.74, 6) is 3.61. The van der Waals surface area contributed by atoms with Crippen LogP contribution in [0.1, 0.15) is 50.2 Å². The van der Waals surface area contributed by atoms with Gasteiger partial charge in [0.2, 0.25) is 0 Å². The third-order valence-corrected chi connectivity index (χ3v) is 4.90. The van der Waals surface area contributed by atoms with Gasteiger partial charge in [0.15, 0.2) is 0 Å². The van der Waals surface area contributed by atoms with Gasteiger partial charge in [0, 0.05) is 23.6 Å². The molecule has 3 heteroatoms. The third kappa shape index (κ3) is 2.76. The summed E-state index contributed by atoms with van der Waals surface area (Å²) >= 11 is 0. The molecule has 1 aromatic rings. The minimum absolute atomic E-state index is 0.302. The Hall–Kier alpha value is -1.22. The average molecular weight is 287 g/mol. The molecule has 21 heavy (non-hydrogen) atoms. The standard InChI is InChI=1S/C18H25NO2/c1-3-20-18-8-12-6-11(2)21-17(12)9-16(18)15-7-13(15)10-19-14-4-5-14/h8-9,11,13-15,19H,3-7,10H2,1-2H3. The Morgan fingerprint density at radius 2 is 2.19 bits per heavy atom. The first-order valence-electron chi connectivity index (χ1n) is 8.44. The highest BCUT2D eigenvalue weighted by Crippen LogP contribution is 2.52. The third-order valence-electron chi connectivity index (χ3n) is 4.90. The molecule has 0 amide bonds. The molecule has 2 aliphatic carbocycles. The lowest BCUT2D eigenvalue weighted by Crippen LogP contribution is -2.19. The molecule has 3 atom stereocenters. The van der Waals surface area contributed by atoms with Gasteiger partial charge in [-0.3, -0.25) is 0 Å². The number of hydrogen-bond acceptors (Lipinski definition) is 3. The number of benzene rings is 1. The zero-order valence-corrected chi connectivity index (χ0v) is 13.0. The van der Waals surface area contributed by atoms with Crippen molar-refractivity contribution in [2.45, 2.75) is 57.6 Å². The quantitative estimate of drug-likeness (QED) is 0.871. The Kier molecular flexibility index (Phi) is 3.33. The first-order chi connectivity index (χ1) is 10.2. The van der Waals surface area contributed by atoms with Crippen LogP contribution in [0.25, 0.3) is 0 Å². The van der Waals surface area contributed by atoms with Crippen LogP contribution in [0.5, 0.6) is 11.5 Å². The van der Waals surface area contributed by atoms with Gasteiger partial charge in [-0.15, -0.1) is 0 Å². The maximum Gasteiger partial charge on any atom is 0.123 e. The molecule has 1 heterocycles. The molecule has 3 unspecified atom stereocenters. The van der Waals surface area contributed by atoms with E-state index in [9.17, 15) is 0 Å². The van der Waals surface area contributed by atoms with E-state index in [-0.39, 0.29) is 0 Å². The summed E-state index contributed by atoms with van der Waals surface area (Å²) in [4.78, 5) is 0. The van der Waals surface area contributed by atoms with Crippen LogP contribution >= 0.6 is 0 Å². The molecule has 1 aromatic carbocycles. The molecule has 0 aromatic heterocycles. The van der Waals surface area contributed by atoms with Crippen molar-refractivity contribution >= 4 is 0 Å². The summed E-state index contributed by atoms with van der Waals surface area (Å²) in [5.41, 5.74) is 2.68. The molecule has 2 saturated carbocycles. The second kappa shape index (κ2) is 5.20. The maximum atomic E-state index is 5.93. The van der Waals surface area contributed by atoms with Gasteiger partial charge in [0.25, 0.3) is 0 Å². The minimum Gasteiger partial charge on any atom is -0.494 e. The van der Waals surface area contributed by atoms with E-state index in [2.05, 4.69) is 31.3 Å². The van der Waals surface area contributed by atoms with E-state index in [0.717, 1.165) is 43.0 Å². The lowest BCUT2D eigenvalue weighted by molar-refractivity contribution is 0.254. The maximum absolute atomic E-state index is 5.93. The van der Waals surface area contributed by atoms with Gasteiger partial charge >= 0.3 is 0 Å². The fraction of sp³-hybridized carbons (Fsp3) is 0.667. The van der Waals surface area contributed by atoms with Crippen molar-refractivity contribution in [3.63, 3.8) is 0 Å². The lowest BCUT2D eigenvalue weighted by Gasteiger charge is -2.13. The minimum atomic E-state index is 0.302. The molecule has 1 aliphatic heterocycles. The van der Waals surface area contributed by atoms with Crippen LogP contribution in [0.3, 0.4) is 0 Å². The average Bonchev–Trinajstić information content (AvgIpc) is 3.34. The Morgan fingerprint density at radius 1 is 1.33 bits per heavy atom. The summed E-state index contributed by atoms with van der Waals surface area (Å²) in [5, 5.41) is 3.66. The molecular weight excluding hydrogens is 262 g/mol. The second-order valence-electron chi connectivity index (χ2n) is 6.85. The van der Waals surface area contributed by atoms with Gasteiger partial charge in [-0.2, -0.15) is 0 Å². The van der Waals surface area contributed by atoms with Gasteiger partial charge in [-0.25, -0.2) is 0 Å². The zero-order valence-electron chi connectivity index (χ0n) is 13.0. The molecule has 2 fully saturated rings. The molecule has 4 rings (SSSR count). The predicted octanol–water partition coefficient (Wildman–Crippen LogP) is 3.26. The van der Waals surface area contributed by atoms with Crippen LogP contribution in [0.2, 0.25) is 0 Å². The molecule has 0 saturated heterocycles. The van der Waals surface area contributed by atoms with E-state index in [4.69, 9.17) is 9.47 Å². The van der Waals surface area contributed by atoms with Crippen LogP contribution in [0.15, 0.2) is 12.1 Å². The van der Waals surface area contributed by atoms with Crippen molar-refractivity contribution in [2.75, 3.05) is 13.2 Å². The SMILES string of the molecule is CCOc1cc2c(cc1C1CC1CNC1CC1)OC(C)C2. The molecular formula is C18H25NO2. The number of ether oxygens (including phenoxy) is 2. The first-order valence-corrected chi connectivity index (χ1v) is 8.44. The van der Waals surface area contributed by atoms with E-state index in [1.807, 2.05) is 0 Å². The van der Waals surface area contributed by atoms with E-state index in [1.54, 1.807) is 0 Å². The summed E-state index contributed by atoms with van der Waals surface area (Å²) < 4.78 is 11.8. The largest absolute Gasteiger partial charge is 0.494 e. The van der Waals surface area contributed by atoms with E-state index in [1.165, 1.54) is 30.4 Å². The van der Waals surface area contributed by atoms with Crippen LogP contribution < -0.4 is 14.8 Å². The molecule has 0 bridgehead atoms. The lowest BCUT2D eigenvalue weighted by atomic mass is 10.0. The highest BCUT2D eigenvalue weighted by molar-refractivity contribution is 5.51. The van der Waals surface area contributed by atoms with Crippen molar-refractivity contribution < 1.29 is 9.47 Å². The van der Waals surface area contributed by atoms with Crippen LogP contribution in [-0.2, 0) is 6.42 Å². The Labute approximate surface area is 127 Å². The number of rotatable bonds is 6. The van der Waals surface area contributed by atoms with Gasteiger partial charge in [0.1, 0.15) is 17.6 Å². The molecule has 3 nitrogen and oxygen atoms in total. The fourth-order valence-corrected chi connectivity index (χ4v) is 3.48. The monoisotopic (exact) mass is 287 g/mol. The van der Waals surface area contributed by atoms with E-state index >= 15 is 0 Å². The van der Waals surface area contributed by atoms with Crippen LogP contribution in [0, 0.1) is 5.92 Å². The molecule has 0 spiro atoms.